The van der Waals surface area contributed by atoms with Gasteiger partial charge in [0.25, 0.3) is 10.0 Å². The topological polar surface area (TPSA) is 75.7 Å². The average molecular weight is 374 g/mol. The van der Waals surface area contributed by atoms with E-state index in [1.54, 1.807) is 38.3 Å². The zero-order valence-electron chi connectivity index (χ0n) is 15.0. The van der Waals surface area contributed by atoms with Gasteiger partial charge in [0.05, 0.1) is 17.7 Å². The van der Waals surface area contributed by atoms with Crippen LogP contribution in [0.25, 0.3) is 0 Å². The van der Waals surface area contributed by atoms with Gasteiger partial charge in [-0.1, -0.05) is 18.2 Å². The van der Waals surface area contributed by atoms with Gasteiger partial charge in [-0.3, -0.25) is 9.10 Å². The molecule has 1 amide bonds. The van der Waals surface area contributed by atoms with E-state index < -0.39 is 16.1 Å². The number of benzene rings is 2. The largest absolute Gasteiger partial charge is 0.496 e. The SMILES string of the molecule is CCNC(=O)C1Cc2ccccc2N1S(=O)(=O)c1ccc(OC)c(C)c1. The Kier molecular flexibility index (Phi) is 4.91. The molecule has 1 atom stereocenters. The highest BCUT2D eigenvalue weighted by atomic mass is 32.2. The van der Waals surface area contributed by atoms with Crippen molar-refractivity contribution in [2.75, 3.05) is 18.0 Å². The van der Waals surface area contributed by atoms with Gasteiger partial charge in [0.1, 0.15) is 11.8 Å². The van der Waals surface area contributed by atoms with Crippen LogP contribution in [-0.2, 0) is 21.2 Å². The van der Waals surface area contributed by atoms with Crippen LogP contribution in [-0.4, -0.2) is 34.0 Å². The van der Waals surface area contributed by atoms with Crippen molar-refractivity contribution in [2.45, 2.75) is 31.2 Å². The molecule has 1 unspecified atom stereocenters. The number of rotatable bonds is 5. The van der Waals surface area contributed by atoms with Crippen LogP contribution in [0.15, 0.2) is 47.4 Å². The van der Waals surface area contributed by atoms with Gasteiger partial charge in [-0.05, 0) is 49.2 Å². The molecule has 0 aliphatic carbocycles. The van der Waals surface area contributed by atoms with Crippen LogP contribution in [0, 0.1) is 6.92 Å². The summed E-state index contributed by atoms with van der Waals surface area (Å²) in [5, 5.41) is 2.74. The van der Waals surface area contributed by atoms with Gasteiger partial charge in [0, 0.05) is 13.0 Å². The second kappa shape index (κ2) is 6.99. The average Bonchev–Trinajstić information content (AvgIpc) is 3.02. The van der Waals surface area contributed by atoms with Crippen molar-refractivity contribution in [1.29, 1.82) is 0 Å². The minimum Gasteiger partial charge on any atom is -0.496 e. The number of nitrogens with one attached hydrogen (secondary N) is 1. The van der Waals surface area contributed by atoms with E-state index in [-0.39, 0.29) is 10.8 Å². The number of hydrogen-bond donors (Lipinski definition) is 1. The van der Waals surface area contributed by atoms with Crippen LogP contribution in [0.2, 0.25) is 0 Å². The highest BCUT2D eigenvalue weighted by Gasteiger charge is 2.42. The first kappa shape index (κ1) is 18.3. The first-order valence-corrected chi connectivity index (χ1v) is 9.88. The summed E-state index contributed by atoms with van der Waals surface area (Å²) >= 11 is 0. The minimum atomic E-state index is -3.90. The number of anilines is 1. The number of nitrogens with zero attached hydrogens (tertiary/aromatic N) is 1. The summed E-state index contributed by atoms with van der Waals surface area (Å²) in [5.74, 6) is 0.323. The highest BCUT2D eigenvalue weighted by molar-refractivity contribution is 7.93. The Morgan fingerprint density at radius 1 is 1.27 bits per heavy atom. The summed E-state index contributed by atoms with van der Waals surface area (Å²) in [4.78, 5) is 12.7. The molecule has 2 aromatic rings. The van der Waals surface area contributed by atoms with Crippen LogP contribution in [0.5, 0.6) is 5.75 Å². The van der Waals surface area contributed by atoms with Crippen molar-refractivity contribution in [1.82, 2.24) is 5.32 Å². The fourth-order valence-corrected chi connectivity index (χ4v) is 5.01. The maximum atomic E-state index is 13.4. The minimum absolute atomic E-state index is 0.141. The number of amides is 1. The summed E-state index contributed by atoms with van der Waals surface area (Å²) in [6.07, 6.45) is 0.358. The quantitative estimate of drug-likeness (QED) is 0.871. The van der Waals surface area contributed by atoms with E-state index in [0.717, 1.165) is 11.1 Å². The van der Waals surface area contributed by atoms with Gasteiger partial charge in [-0.2, -0.15) is 0 Å². The third kappa shape index (κ3) is 3.03. The van der Waals surface area contributed by atoms with E-state index in [2.05, 4.69) is 5.32 Å². The summed E-state index contributed by atoms with van der Waals surface area (Å²) < 4.78 is 33.2. The van der Waals surface area contributed by atoms with Crippen LogP contribution in [0.3, 0.4) is 0 Å². The standard InChI is InChI=1S/C19H22N2O4S/c1-4-20-19(22)17-12-14-7-5-6-8-16(14)21(17)26(23,24)15-9-10-18(25-3)13(2)11-15/h5-11,17H,4,12H2,1-3H3,(H,20,22). The van der Waals surface area contributed by atoms with E-state index in [0.29, 0.717) is 24.4 Å². The Labute approximate surface area is 153 Å². The van der Waals surface area contributed by atoms with Crippen LogP contribution in [0.1, 0.15) is 18.1 Å². The molecule has 1 aliphatic heterocycles. The fourth-order valence-electron chi connectivity index (χ4n) is 3.27. The Balaban J connectivity index is 2.10. The molecular weight excluding hydrogens is 352 g/mol. The Morgan fingerprint density at radius 2 is 2.00 bits per heavy atom. The summed E-state index contributed by atoms with van der Waals surface area (Å²) in [6, 6.07) is 11.1. The Hall–Kier alpha value is -2.54. The maximum Gasteiger partial charge on any atom is 0.265 e. The van der Waals surface area contributed by atoms with Gasteiger partial charge in [-0.15, -0.1) is 0 Å². The lowest BCUT2D eigenvalue weighted by Crippen LogP contribution is -2.48. The summed E-state index contributed by atoms with van der Waals surface area (Å²) in [7, 11) is -2.36. The van der Waals surface area contributed by atoms with E-state index in [9.17, 15) is 13.2 Å². The van der Waals surface area contributed by atoms with Crippen molar-refractivity contribution < 1.29 is 17.9 Å². The molecule has 1 aliphatic rings. The van der Waals surface area contributed by atoms with Gasteiger partial charge >= 0.3 is 0 Å². The van der Waals surface area contributed by atoms with Gasteiger partial charge < -0.3 is 10.1 Å². The number of hydrogen-bond acceptors (Lipinski definition) is 4. The molecular formula is C19H22N2O4S. The zero-order valence-corrected chi connectivity index (χ0v) is 15.8. The van der Waals surface area contributed by atoms with Gasteiger partial charge in [-0.25, -0.2) is 8.42 Å². The Bertz CT molecular complexity index is 940. The third-order valence-electron chi connectivity index (χ3n) is 4.50. The number of aryl methyl sites for hydroxylation is 1. The molecule has 1 N–H and O–H groups in total. The molecule has 0 saturated heterocycles. The number of likely N-dealkylation sites (N-methyl/N-ethyl adjacent to an activating group) is 1. The lowest BCUT2D eigenvalue weighted by Gasteiger charge is -2.26. The van der Waals surface area contributed by atoms with Gasteiger partial charge in [0.2, 0.25) is 5.91 Å². The monoisotopic (exact) mass is 374 g/mol. The highest BCUT2D eigenvalue weighted by Crippen LogP contribution is 2.37. The van der Waals surface area contributed by atoms with E-state index in [1.807, 2.05) is 19.1 Å². The van der Waals surface area contributed by atoms with Crippen molar-refractivity contribution in [2.24, 2.45) is 0 Å². The van der Waals surface area contributed by atoms with Crippen molar-refractivity contribution >= 4 is 21.6 Å². The predicted molar refractivity (Wildman–Crippen MR) is 100 cm³/mol. The first-order chi connectivity index (χ1) is 12.4. The smallest absolute Gasteiger partial charge is 0.265 e. The van der Waals surface area contributed by atoms with Crippen molar-refractivity contribution in [3.05, 3.63) is 53.6 Å². The zero-order chi connectivity index (χ0) is 18.9. The summed E-state index contributed by atoms with van der Waals surface area (Å²) in [6.45, 7) is 4.05. The molecule has 3 rings (SSSR count). The molecule has 2 aromatic carbocycles. The Morgan fingerprint density at radius 3 is 2.65 bits per heavy atom. The normalized spacial score (nSPS) is 16.3. The van der Waals surface area contributed by atoms with E-state index in [4.69, 9.17) is 4.74 Å². The van der Waals surface area contributed by atoms with Gasteiger partial charge in [0.15, 0.2) is 0 Å². The maximum absolute atomic E-state index is 13.4. The molecule has 0 fully saturated rings. The number of para-hydroxylation sites is 1. The molecule has 0 bridgehead atoms. The predicted octanol–water partition coefficient (Wildman–Crippen LogP) is 2.26. The molecule has 138 valence electrons. The molecule has 6 nitrogen and oxygen atoms in total. The van der Waals surface area contributed by atoms with Crippen LogP contribution >= 0.6 is 0 Å². The molecule has 7 heteroatoms. The molecule has 0 radical (unpaired) electrons. The lowest BCUT2D eigenvalue weighted by atomic mass is 10.1. The number of carbonyl (C=O) groups is 1. The number of carbonyl (C=O) groups excluding carboxylic acids is 1. The van der Waals surface area contributed by atoms with Crippen LogP contribution in [0.4, 0.5) is 5.69 Å². The van der Waals surface area contributed by atoms with E-state index in [1.165, 1.54) is 10.4 Å². The van der Waals surface area contributed by atoms with Crippen LogP contribution < -0.4 is 14.4 Å². The lowest BCUT2D eigenvalue weighted by molar-refractivity contribution is -0.121. The molecule has 0 spiro atoms. The van der Waals surface area contributed by atoms with Crippen molar-refractivity contribution in [3.63, 3.8) is 0 Å². The molecule has 0 aromatic heterocycles. The third-order valence-corrected chi connectivity index (χ3v) is 6.32. The number of fused-ring (bicyclic) bond motifs is 1. The molecule has 1 heterocycles. The fraction of sp³-hybridized carbons (Fsp3) is 0.316. The second-order valence-corrected chi connectivity index (χ2v) is 7.99. The first-order valence-electron chi connectivity index (χ1n) is 8.44. The van der Waals surface area contributed by atoms with Crippen molar-refractivity contribution in [3.8, 4) is 5.75 Å². The number of ether oxygens (including phenoxy) is 1. The second-order valence-electron chi connectivity index (χ2n) is 6.18. The van der Waals surface area contributed by atoms with E-state index >= 15 is 0 Å². The number of sulfonamides is 1. The number of methoxy groups -OCH3 is 1. The summed E-state index contributed by atoms with van der Waals surface area (Å²) in [5.41, 5.74) is 2.12. The molecule has 26 heavy (non-hydrogen) atoms. The molecule has 0 saturated carbocycles.